The third-order valence-corrected chi connectivity index (χ3v) is 3.67. The fourth-order valence-electron chi connectivity index (χ4n) is 2.36. The van der Waals surface area contributed by atoms with Gasteiger partial charge in [0.2, 0.25) is 5.89 Å². The zero-order chi connectivity index (χ0) is 17.6. The maximum absolute atomic E-state index is 8.61. The first kappa shape index (κ1) is 16.6. The van der Waals surface area contributed by atoms with Crippen molar-refractivity contribution < 1.29 is 19.1 Å². The van der Waals surface area contributed by atoms with Crippen LogP contribution in [-0.2, 0) is 6.61 Å². The highest BCUT2D eigenvalue weighted by atomic mass is 16.5. The summed E-state index contributed by atoms with van der Waals surface area (Å²) >= 11 is 0. The van der Waals surface area contributed by atoms with Crippen LogP contribution in [0.3, 0.4) is 0 Å². The average molecular weight is 338 g/mol. The van der Waals surface area contributed by atoms with Crippen molar-refractivity contribution in [3.63, 3.8) is 0 Å². The number of oxazole rings is 1. The molecule has 1 N–H and O–H groups in total. The Morgan fingerprint density at radius 2 is 1.96 bits per heavy atom. The number of ether oxygens (including phenoxy) is 2. The van der Waals surface area contributed by atoms with Gasteiger partial charge in [0.1, 0.15) is 18.1 Å². The molecule has 0 unspecified atom stereocenters. The lowest BCUT2D eigenvalue weighted by Gasteiger charge is -2.10. The van der Waals surface area contributed by atoms with E-state index in [1.807, 2.05) is 37.3 Å². The Hall–Kier alpha value is -3.28. The molecule has 0 aliphatic rings. The van der Waals surface area contributed by atoms with Gasteiger partial charge in [0.25, 0.3) is 0 Å². The molecular weight excluding hydrogens is 320 g/mol. The van der Waals surface area contributed by atoms with Gasteiger partial charge < -0.3 is 19.1 Å². The quantitative estimate of drug-likeness (QED) is 0.417. The SMILES string of the molecule is COc1cc(/C=N/O)ccc1OCc1nc(-c2ccccc2)oc1C. The number of rotatable bonds is 6. The molecule has 0 radical (unpaired) electrons. The van der Waals surface area contributed by atoms with E-state index in [-0.39, 0.29) is 6.61 Å². The third kappa shape index (κ3) is 3.80. The zero-order valence-electron chi connectivity index (χ0n) is 14.0. The van der Waals surface area contributed by atoms with Crippen LogP contribution in [-0.4, -0.2) is 23.5 Å². The molecule has 0 spiro atoms. The van der Waals surface area contributed by atoms with Crippen LogP contribution in [0.2, 0.25) is 0 Å². The van der Waals surface area contributed by atoms with Crippen LogP contribution in [0.15, 0.2) is 58.1 Å². The summed E-state index contributed by atoms with van der Waals surface area (Å²) in [4.78, 5) is 4.51. The molecule has 0 bridgehead atoms. The zero-order valence-corrected chi connectivity index (χ0v) is 14.0. The highest BCUT2D eigenvalue weighted by Gasteiger charge is 2.13. The minimum Gasteiger partial charge on any atom is -0.493 e. The van der Waals surface area contributed by atoms with E-state index in [4.69, 9.17) is 19.1 Å². The van der Waals surface area contributed by atoms with Crippen LogP contribution < -0.4 is 9.47 Å². The second-order valence-electron chi connectivity index (χ2n) is 5.33. The molecule has 0 amide bonds. The highest BCUT2D eigenvalue weighted by Crippen LogP contribution is 2.29. The van der Waals surface area contributed by atoms with Gasteiger partial charge in [0.05, 0.1) is 13.3 Å². The number of aryl methyl sites for hydroxylation is 1. The molecule has 25 heavy (non-hydrogen) atoms. The summed E-state index contributed by atoms with van der Waals surface area (Å²) in [6, 6.07) is 15.0. The Morgan fingerprint density at radius 3 is 2.68 bits per heavy atom. The summed E-state index contributed by atoms with van der Waals surface area (Å²) in [5, 5.41) is 11.6. The molecule has 128 valence electrons. The predicted molar refractivity (Wildman–Crippen MR) is 93.4 cm³/mol. The fraction of sp³-hybridized carbons (Fsp3) is 0.158. The summed E-state index contributed by atoms with van der Waals surface area (Å²) in [6.45, 7) is 2.11. The Morgan fingerprint density at radius 1 is 1.16 bits per heavy atom. The monoisotopic (exact) mass is 338 g/mol. The minimum atomic E-state index is 0.256. The van der Waals surface area contributed by atoms with Crippen LogP contribution in [0, 0.1) is 6.92 Å². The first-order valence-electron chi connectivity index (χ1n) is 7.71. The molecule has 0 saturated heterocycles. The third-order valence-electron chi connectivity index (χ3n) is 3.67. The summed E-state index contributed by atoms with van der Waals surface area (Å²) in [7, 11) is 1.55. The molecule has 6 nitrogen and oxygen atoms in total. The molecule has 0 aliphatic carbocycles. The number of oxime groups is 1. The van der Waals surface area contributed by atoms with E-state index < -0.39 is 0 Å². The molecular formula is C19H18N2O4. The summed E-state index contributed by atoms with van der Waals surface area (Å²) < 4.78 is 16.9. The van der Waals surface area contributed by atoms with Gasteiger partial charge in [-0.2, -0.15) is 0 Å². The Bertz CT molecular complexity index is 872. The van der Waals surface area contributed by atoms with Crippen molar-refractivity contribution in [2.45, 2.75) is 13.5 Å². The van der Waals surface area contributed by atoms with Crippen molar-refractivity contribution in [3.05, 3.63) is 65.5 Å². The first-order chi connectivity index (χ1) is 12.2. The predicted octanol–water partition coefficient (Wildman–Crippen LogP) is 4.05. The second-order valence-corrected chi connectivity index (χ2v) is 5.33. The smallest absolute Gasteiger partial charge is 0.226 e. The maximum atomic E-state index is 8.61. The van der Waals surface area contributed by atoms with Gasteiger partial charge in [-0.1, -0.05) is 23.4 Å². The molecule has 0 saturated carbocycles. The van der Waals surface area contributed by atoms with E-state index in [1.54, 1.807) is 25.3 Å². The molecule has 0 fully saturated rings. The van der Waals surface area contributed by atoms with Gasteiger partial charge in [-0.3, -0.25) is 0 Å². The average Bonchev–Trinajstić information content (AvgIpc) is 3.02. The van der Waals surface area contributed by atoms with Crippen LogP contribution in [0.25, 0.3) is 11.5 Å². The summed E-state index contributed by atoms with van der Waals surface area (Å²) in [5.41, 5.74) is 2.35. The van der Waals surface area contributed by atoms with Crippen molar-refractivity contribution in [1.82, 2.24) is 4.98 Å². The first-order valence-corrected chi connectivity index (χ1v) is 7.71. The molecule has 6 heteroatoms. The van der Waals surface area contributed by atoms with Crippen molar-refractivity contribution in [3.8, 4) is 23.0 Å². The van der Waals surface area contributed by atoms with E-state index in [9.17, 15) is 0 Å². The van der Waals surface area contributed by atoms with Gasteiger partial charge in [0.15, 0.2) is 11.5 Å². The molecule has 1 aromatic heterocycles. The number of benzene rings is 2. The normalized spacial score (nSPS) is 11.0. The molecule has 1 heterocycles. The van der Waals surface area contributed by atoms with Gasteiger partial charge >= 0.3 is 0 Å². The van der Waals surface area contributed by atoms with Crippen LogP contribution in [0.5, 0.6) is 11.5 Å². The molecule has 3 rings (SSSR count). The summed E-state index contributed by atoms with van der Waals surface area (Å²) in [6.07, 6.45) is 1.32. The lowest BCUT2D eigenvalue weighted by atomic mass is 10.2. The molecule has 2 aromatic carbocycles. The number of nitrogens with zero attached hydrogens (tertiary/aromatic N) is 2. The lowest BCUT2D eigenvalue weighted by molar-refractivity contribution is 0.279. The van der Waals surface area contributed by atoms with Gasteiger partial charge in [-0.05, 0) is 37.3 Å². The number of hydrogen-bond donors (Lipinski definition) is 1. The van der Waals surface area contributed by atoms with Crippen LogP contribution in [0.4, 0.5) is 0 Å². The van der Waals surface area contributed by atoms with Crippen molar-refractivity contribution in [1.29, 1.82) is 0 Å². The molecule has 0 aliphatic heterocycles. The van der Waals surface area contributed by atoms with Crippen LogP contribution in [0.1, 0.15) is 17.0 Å². The molecule has 3 aromatic rings. The van der Waals surface area contributed by atoms with E-state index in [0.717, 1.165) is 11.3 Å². The Balaban J connectivity index is 1.77. The Kier molecular flexibility index (Phi) is 4.99. The maximum Gasteiger partial charge on any atom is 0.226 e. The van der Waals surface area contributed by atoms with E-state index >= 15 is 0 Å². The Labute approximate surface area is 145 Å². The highest BCUT2D eigenvalue weighted by molar-refractivity contribution is 5.80. The van der Waals surface area contributed by atoms with E-state index in [1.165, 1.54) is 6.21 Å². The largest absolute Gasteiger partial charge is 0.493 e. The van der Waals surface area contributed by atoms with Crippen molar-refractivity contribution >= 4 is 6.21 Å². The minimum absolute atomic E-state index is 0.256. The molecule has 0 atom stereocenters. The second kappa shape index (κ2) is 7.53. The van der Waals surface area contributed by atoms with Crippen molar-refractivity contribution in [2.75, 3.05) is 7.11 Å². The lowest BCUT2D eigenvalue weighted by Crippen LogP contribution is -2.00. The van der Waals surface area contributed by atoms with Crippen molar-refractivity contribution in [2.24, 2.45) is 5.16 Å². The summed E-state index contributed by atoms with van der Waals surface area (Å²) in [5.74, 6) is 2.39. The topological polar surface area (TPSA) is 77.1 Å². The van der Waals surface area contributed by atoms with Gasteiger partial charge in [-0.15, -0.1) is 0 Å². The fourth-order valence-corrected chi connectivity index (χ4v) is 2.36. The van der Waals surface area contributed by atoms with Gasteiger partial charge in [0, 0.05) is 11.1 Å². The number of hydrogen-bond acceptors (Lipinski definition) is 6. The standard InChI is InChI=1S/C19H18N2O4/c1-13-16(21-19(25-13)15-6-4-3-5-7-15)12-24-17-9-8-14(11-20-22)10-18(17)23-2/h3-11,22H,12H2,1-2H3/b20-11+. The number of methoxy groups -OCH3 is 1. The van der Waals surface area contributed by atoms with Crippen LogP contribution >= 0.6 is 0 Å². The number of aromatic nitrogens is 1. The van der Waals surface area contributed by atoms with E-state index in [0.29, 0.717) is 28.7 Å². The van der Waals surface area contributed by atoms with Gasteiger partial charge in [-0.25, -0.2) is 4.98 Å². The van der Waals surface area contributed by atoms with E-state index in [2.05, 4.69) is 10.1 Å².